The molecule has 2 atom stereocenters. The predicted molar refractivity (Wildman–Crippen MR) is 57.1 cm³/mol. The molecular formula is C12H16FNO. The van der Waals surface area contributed by atoms with Gasteiger partial charge in [0.25, 0.3) is 0 Å². The maximum Gasteiger partial charge on any atom is 0.123 e. The van der Waals surface area contributed by atoms with Crippen LogP contribution in [0.15, 0.2) is 24.3 Å². The monoisotopic (exact) mass is 209 g/mol. The van der Waals surface area contributed by atoms with E-state index in [0.717, 1.165) is 18.6 Å². The molecule has 1 saturated heterocycles. The highest BCUT2D eigenvalue weighted by molar-refractivity contribution is 5.16. The number of benzene rings is 1. The Morgan fingerprint density at radius 1 is 1.53 bits per heavy atom. The normalized spacial score (nSPS) is 25.7. The van der Waals surface area contributed by atoms with Crippen molar-refractivity contribution in [2.45, 2.75) is 32.0 Å². The van der Waals surface area contributed by atoms with Gasteiger partial charge in [-0.3, -0.25) is 0 Å². The molecule has 15 heavy (non-hydrogen) atoms. The summed E-state index contributed by atoms with van der Waals surface area (Å²) in [5, 5.41) is 3.38. The van der Waals surface area contributed by atoms with Crippen LogP contribution >= 0.6 is 0 Å². The van der Waals surface area contributed by atoms with E-state index in [2.05, 4.69) is 12.2 Å². The standard InChI is InChI=1S/C12H16FNO/c1-9-12(5-6-15-9)14-8-10-3-2-4-11(13)7-10/h2-4,7,9,12,14H,5-6,8H2,1H3. The van der Waals surface area contributed by atoms with Gasteiger partial charge >= 0.3 is 0 Å². The molecule has 1 heterocycles. The minimum atomic E-state index is -0.176. The van der Waals surface area contributed by atoms with Crippen LogP contribution in [0.25, 0.3) is 0 Å². The Morgan fingerprint density at radius 2 is 2.40 bits per heavy atom. The Kier molecular flexibility index (Phi) is 3.34. The Labute approximate surface area is 89.4 Å². The zero-order valence-corrected chi connectivity index (χ0v) is 8.87. The van der Waals surface area contributed by atoms with E-state index in [1.807, 2.05) is 6.07 Å². The second kappa shape index (κ2) is 4.73. The summed E-state index contributed by atoms with van der Waals surface area (Å²) in [6, 6.07) is 7.09. The molecule has 0 saturated carbocycles. The van der Waals surface area contributed by atoms with Gasteiger partial charge in [-0.05, 0) is 31.0 Å². The number of nitrogens with one attached hydrogen (secondary N) is 1. The van der Waals surface area contributed by atoms with Gasteiger partial charge in [0, 0.05) is 19.2 Å². The van der Waals surface area contributed by atoms with Gasteiger partial charge in [0.1, 0.15) is 5.82 Å². The molecule has 3 heteroatoms. The van der Waals surface area contributed by atoms with Gasteiger partial charge < -0.3 is 10.1 Å². The first kappa shape index (κ1) is 10.6. The Morgan fingerprint density at radius 3 is 3.07 bits per heavy atom. The largest absolute Gasteiger partial charge is 0.377 e. The number of halogens is 1. The Bertz CT molecular complexity index is 329. The van der Waals surface area contributed by atoms with Crippen molar-refractivity contribution in [3.8, 4) is 0 Å². The fourth-order valence-corrected chi connectivity index (χ4v) is 1.90. The van der Waals surface area contributed by atoms with Crippen molar-refractivity contribution in [3.05, 3.63) is 35.6 Å². The predicted octanol–water partition coefficient (Wildman–Crippen LogP) is 2.09. The van der Waals surface area contributed by atoms with Gasteiger partial charge in [0.05, 0.1) is 6.10 Å². The molecule has 0 aromatic heterocycles. The third-order valence-corrected chi connectivity index (χ3v) is 2.83. The van der Waals surface area contributed by atoms with E-state index >= 15 is 0 Å². The summed E-state index contributed by atoms with van der Waals surface area (Å²) in [5.41, 5.74) is 0.981. The van der Waals surface area contributed by atoms with E-state index in [9.17, 15) is 4.39 Å². The second-order valence-corrected chi connectivity index (χ2v) is 3.98. The molecule has 2 rings (SSSR count). The zero-order valence-electron chi connectivity index (χ0n) is 8.87. The van der Waals surface area contributed by atoms with Crippen molar-refractivity contribution < 1.29 is 9.13 Å². The summed E-state index contributed by atoms with van der Waals surface area (Å²) in [7, 11) is 0. The van der Waals surface area contributed by atoms with Gasteiger partial charge in [0.2, 0.25) is 0 Å². The van der Waals surface area contributed by atoms with Crippen LogP contribution in [-0.2, 0) is 11.3 Å². The Hall–Kier alpha value is -0.930. The van der Waals surface area contributed by atoms with Gasteiger partial charge in [-0.15, -0.1) is 0 Å². The van der Waals surface area contributed by atoms with E-state index in [1.165, 1.54) is 6.07 Å². The van der Waals surface area contributed by atoms with Gasteiger partial charge in [-0.1, -0.05) is 12.1 Å². The van der Waals surface area contributed by atoms with Crippen molar-refractivity contribution in [1.82, 2.24) is 5.32 Å². The van der Waals surface area contributed by atoms with Crippen molar-refractivity contribution >= 4 is 0 Å². The topological polar surface area (TPSA) is 21.3 Å². The van der Waals surface area contributed by atoms with Gasteiger partial charge in [-0.2, -0.15) is 0 Å². The summed E-state index contributed by atoms with van der Waals surface area (Å²) in [6.07, 6.45) is 1.30. The van der Waals surface area contributed by atoms with Gasteiger partial charge in [-0.25, -0.2) is 4.39 Å². The van der Waals surface area contributed by atoms with Crippen molar-refractivity contribution in [2.24, 2.45) is 0 Å². The van der Waals surface area contributed by atoms with E-state index in [-0.39, 0.29) is 11.9 Å². The van der Waals surface area contributed by atoms with Crippen LogP contribution in [0.5, 0.6) is 0 Å². The molecule has 0 radical (unpaired) electrons. The molecule has 1 aliphatic heterocycles. The lowest BCUT2D eigenvalue weighted by Crippen LogP contribution is -2.34. The third kappa shape index (κ3) is 2.76. The first-order chi connectivity index (χ1) is 7.25. The average molecular weight is 209 g/mol. The lowest BCUT2D eigenvalue weighted by molar-refractivity contribution is 0.113. The van der Waals surface area contributed by atoms with E-state index in [4.69, 9.17) is 4.74 Å². The molecule has 1 aromatic rings. The smallest absolute Gasteiger partial charge is 0.123 e. The average Bonchev–Trinajstić information content (AvgIpc) is 2.61. The maximum atomic E-state index is 12.9. The summed E-state index contributed by atoms with van der Waals surface area (Å²) in [4.78, 5) is 0. The van der Waals surface area contributed by atoms with Crippen molar-refractivity contribution in [3.63, 3.8) is 0 Å². The highest BCUT2D eigenvalue weighted by Crippen LogP contribution is 2.13. The van der Waals surface area contributed by atoms with Crippen molar-refractivity contribution in [1.29, 1.82) is 0 Å². The first-order valence-electron chi connectivity index (χ1n) is 5.35. The number of rotatable bonds is 3. The summed E-state index contributed by atoms with van der Waals surface area (Å²) in [5.74, 6) is -0.176. The summed E-state index contributed by atoms with van der Waals surface area (Å²) in [6.45, 7) is 3.59. The number of ether oxygens (including phenoxy) is 1. The number of hydrogen-bond donors (Lipinski definition) is 1. The van der Waals surface area contributed by atoms with Crippen LogP contribution in [0.3, 0.4) is 0 Å². The molecule has 2 unspecified atom stereocenters. The highest BCUT2D eigenvalue weighted by atomic mass is 19.1. The minimum Gasteiger partial charge on any atom is -0.377 e. The zero-order chi connectivity index (χ0) is 10.7. The summed E-state index contributed by atoms with van der Waals surface area (Å²) >= 11 is 0. The molecule has 82 valence electrons. The van der Waals surface area contributed by atoms with Crippen LogP contribution in [-0.4, -0.2) is 18.8 Å². The molecule has 1 N–H and O–H groups in total. The first-order valence-corrected chi connectivity index (χ1v) is 5.35. The molecule has 1 fully saturated rings. The van der Waals surface area contributed by atoms with Crippen LogP contribution in [0, 0.1) is 5.82 Å². The van der Waals surface area contributed by atoms with Crippen LogP contribution < -0.4 is 5.32 Å². The lowest BCUT2D eigenvalue weighted by Gasteiger charge is -2.15. The van der Waals surface area contributed by atoms with Crippen molar-refractivity contribution in [2.75, 3.05) is 6.61 Å². The summed E-state index contributed by atoms with van der Waals surface area (Å²) < 4.78 is 18.3. The van der Waals surface area contributed by atoms with E-state index in [1.54, 1.807) is 12.1 Å². The van der Waals surface area contributed by atoms with Crippen LogP contribution in [0.4, 0.5) is 4.39 Å². The molecule has 1 aliphatic rings. The molecule has 0 spiro atoms. The number of hydrogen-bond acceptors (Lipinski definition) is 2. The fourth-order valence-electron chi connectivity index (χ4n) is 1.90. The molecule has 0 amide bonds. The molecule has 2 nitrogen and oxygen atoms in total. The third-order valence-electron chi connectivity index (χ3n) is 2.83. The fraction of sp³-hybridized carbons (Fsp3) is 0.500. The van der Waals surface area contributed by atoms with Crippen LogP contribution in [0.1, 0.15) is 18.9 Å². The molecule has 0 aliphatic carbocycles. The minimum absolute atomic E-state index is 0.176. The highest BCUT2D eigenvalue weighted by Gasteiger charge is 2.23. The van der Waals surface area contributed by atoms with E-state index in [0.29, 0.717) is 12.6 Å². The molecular weight excluding hydrogens is 193 g/mol. The SMILES string of the molecule is CC1OCCC1NCc1cccc(F)c1. The van der Waals surface area contributed by atoms with E-state index < -0.39 is 0 Å². The lowest BCUT2D eigenvalue weighted by atomic mass is 10.1. The Balaban J connectivity index is 1.87. The second-order valence-electron chi connectivity index (χ2n) is 3.98. The quantitative estimate of drug-likeness (QED) is 0.823. The van der Waals surface area contributed by atoms with Crippen LogP contribution in [0.2, 0.25) is 0 Å². The maximum absolute atomic E-state index is 12.9. The van der Waals surface area contributed by atoms with Gasteiger partial charge in [0.15, 0.2) is 0 Å². The molecule has 1 aromatic carbocycles. The molecule has 0 bridgehead atoms.